The molecule has 0 atom stereocenters. The van der Waals surface area contributed by atoms with Crippen LogP contribution in [0.5, 0.6) is 0 Å². The van der Waals surface area contributed by atoms with Crippen molar-refractivity contribution in [3.05, 3.63) is 0 Å². The van der Waals surface area contributed by atoms with Gasteiger partial charge in [-0.05, 0) is 45.2 Å². The second kappa shape index (κ2) is 10.1. The summed E-state index contributed by atoms with van der Waals surface area (Å²) >= 11 is 0. The van der Waals surface area contributed by atoms with E-state index in [0.29, 0.717) is 0 Å². The van der Waals surface area contributed by atoms with Crippen LogP contribution in [0.15, 0.2) is 0 Å². The lowest BCUT2D eigenvalue weighted by atomic mass is 10.1. The first-order valence-corrected chi connectivity index (χ1v) is 7.02. The van der Waals surface area contributed by atoms with Gasteiger partial charge in [0.15, 0.2) is 0 Å². The lowest BCUT2D eigenvalue weighted by molar-refractivity contribution is 0.230. The summed E-state index contributed by atoms with van der Waals surface area (Å²) in [6.45, 7) is 12.6. The van der Waals surface area contributed by atoms with Crippen LogP contribution in [0.1, 0.15) is 53.4 Å². The average molecular weight is 228 g/mol. The average Bonchev–Trinajstić information content (AvgIpc) is 2.24. The zero-order chi connectivity index (χ0) is 12.4. The molecule has 0 aromatic carbocycles. The minimum absolute atomic E-state index is 0.762. The van der Waals surface area contributed by atoms with E-state index in [1.165, 1.54) is 38.8 Å². The molecule has 2 nitrogen and oxygen atoms in total. The van der Waals surface area contributed by atoms with E-state index < -0.39 is 0 Å². The molecule has 1 N–H and O–H groups in total. The zero-order valence-electron chi connectivity index (χ0n) is 12.1. The molecule has 0 heterocycles. The molecule has 98 valence electrons. The summed E-state index contributed by atoms with van der Waals surface area (Å²) in [4.78, 5) is 2.48. The van der Waals surface area contributed by atoms with Gasteiger partial charge in [-0.25, -0.2) is 0 Å². The highest BCUT2D eigenvalue weighted by Crippen LogP contribution is 2.05. The summed E-state index contributed by atoms with van der Waals surface area (Å²) in [5.74, 6) is 0.842. The van der Waals surface area contributed by atoms with E-state index in [0.717, 1.165) is 18.5 Å². The van der Waals surface area contributed by atoms with Crippen molar-refractivity contribution in [2.75, 3.05) is 26.7 Å². The fraction of sp³-hybridized carbons (Fsp3) is 1.00. The highest BCUT2D eigenvalue weighted by molar-refractivity contribution is 4.65. The molecule has 0 fully saturated rings. The highest BCUT2D eigenvalue weighted by Gasteiger charge is 2.08. The smallest absolute Gasteiger partial charge is 0.0107 e. The third kappa shape index (κ3) is 8.12. The van der Waals surface area contributed by atoms with Gasteiger partial charge in [-0.2, -0.15) is 0 Å². The third-order valence-electron chi connectivity index (χ3n) is 3.34. The van der Waals surface area contributed by atoms with Crippen molar-refractivity contribution < 1.29 is 0 Å². The second-order valence-electron chi connectivity index (χ2n) is 5.24. The van der Waals surface area contributed by atoms with Crippen LogP contribution in [0.2, 0.25) is 0 Å². The fourth-order valence-electron chi connectivity index (χ4n) is 2.11. The van der Waals surface area contributed by atoms with Gasteiger partial charge < -0.3 is 10.2 Å². The van der Waals surface area contributed by atoms with Gasteiger partial charge in [-0.15, -0.1) is 0 Å². The normalized spacial score (nSPS) is 12.0. The van der Waals surface area contributed by atoms with Gasteiger partial charge in [0.2, 0.25) is 0 Å². The number of rotatable bonds is 10. The van der Waals surface area contributed by atoms with Crippen molar-refractivity contribution in [2.24, 2.45) is 5.92 Å². The molecule has 0 amide bonds. The first-order chi connectivity index (χ1) is 7.61. The molecule has 0 aliphatic heterocycles. The van der Waals surface area contributed by atoms with Crippen LogP contribution in [-0.2, 0) is 0 Å². The molecule has 0 spiro atoms. The number of nitrogens with zero attached hydrogens (tertiary/aromatic N) is 1. The van der Waals surface area contributed by atoms with E-state index in [-0.39, 0.29) is 0 Å². The molecule has 0 saturated heterocycles. The summed E-state index contributed by atoms with van der Waals surface area (Å²) in [6, 6.07) is 0.762. The van der Waals surface area contributed by atoms with Crippen LogP contribution in [0.3, 0.4) is 0 Å². The van der Waals surface area contributed by atoms with E-state index >= 15 is 0 Å². The molecule has 0 aromatic rings. The fourth-order valence-corrected chi connectivity index (χ4v) is 2.11. The van der Waals surface area contributed by atoms with Gasteiger partial charge >= 0.3 is 0 Å². The summed E-state index contributed by atoms with van der Waals surface area (Å²) in [7, 11) is 2.24. The molecule has 0 saturated carbocycles. The predicted octanol–water partition coefficient (Wildman–Crippen LogP) is 3.13. The van der Waals surface area contributed by atoms with E-state index in [2.05, 4.69) is 45.0 Å². The molecule has 0 aromatic heterocycles. The molecule has 0 aliphatic carbocycles. The van der Waals surface area contributed by atoms with Gasteiger partial charge in [0.1, 0.15) is 0 Å². The van der Waals surface area contributed by atoms with E-state index in [1.807, 2.05) is 0 Å². The molecular formula is C14H32N2. The standard InChI is InChI=1S/C14H32N2/c1-6-14(7-2)16(5)12-11-15-10-8-9-13(3)4/h13-15H,6-12H2,1-5H3. The minimum Gasteiger partial charge on any atom is -0.315 e. The molecule has 16 heavy (non-hydrogen) atoms. The summed E-state index contributed by atoms with van der Waals surface area (Å²) in [6.07, 6.45) is 5.18. The molecule has 0 aliphatic rings. The topological polar surface area (TPSA) is 15.3 Å². The Balaban J connectivity index is 3.36. The summed E-state index contributed by atoms with van der Waals surface area (Å²) in [5.41, 5.74) is 0. The highest BCUT2D eigenvalue weighted by atomic mass is 15.1. The molecule has 0 unspecified atom stereocenters. The Labute approximate surface area is 103 Å². The van der Waals surface area contributed by atoms with Crippen LogP contribution < -0.4 is 5.32 Å². The lowest BCUT2D eigenvalue weighted by Crippen LogP contribution is -2.36. The molecule has 2 heteroatoms. The monoisotopic (exact) mass is 228 g/mol. The maximum Gasteiger partial charge on any atom is 0.0107 e. The summed E-state index contributed by atoms with van der Waals surface area (Å²) < 4.78 is 0. The zero-order valence-corrected chi connectivity index (χ0v) is 12.1. The number of nitrogens with one attached hydrogen (secondary N) is 1. The van der Waals surface area contributed by atoms with E-state index in [4.69, 9.17) is 0 Å². The lowest BCUT2D eigenvalue weighted by Gasteiger charge is -2.26. The number of hydrogen-bond acceptors (Lipinski definition) is 2. The Morgan fingerprint density at radius 3 is 2.19 bits per heavy atom. The molecule has 0 rings (SSSR count). The first-order valence-electron chi connectivity index (χ1n) is 7.02. The predicted molar refractivity (Wildman–Crippen MR) is 73.9 cm³/mol. The first kappa shape index (κ1) is 15.9. The van der Waals surface area contributed by atoms with Crippen molar-refractivity contribution in [3.8, 4) is 0 Å². The van der Waals surface area contributed by atoms with E-state index in [9.17, 15) is 0 Å². The molecule has 0 radical (unpaired) electrons. The van der Waals surface area contributed by atoms with Crippen LogP contribution in [0.4, 0.5) is 0 Å². The quantitative estimate of drug-likeness (QED) is 0.578. The third-order valence-corrected chi connectivity index (χ3v) is 3.34. The van der Waals surface area contributed by atoms with Crippen molar-refractivity contribution in [1.82, 2.24) is 10.2 Å². The minimum atomic E-state index is 0.762. The van der Waals surface area contributed by atoms with Crippen LogP contribution in [-0.4, -0.2) is 37.6 Å². The maximum absolute atomic E-state index is 3.53. The van der Waals surface area contributed by atoms with Gasteiger partial charge in [-0.3, -0.25) is 0 Å². The Morgan fingerprint density at radius 1 is 1.06 bits per heavy atom. The molecule has 0 bridgehead atoms. The van der Waals surface area contributed by atoms with Gasteiger partial charge in [0, 0.05) is 19.1 Å². The second-order valence-corrected chi connectivity index (χ2v) is 5.24. The Morgan fingerprint density at radius 2 is 1.69 bits per heavy atom. The summed E-state index contributed by atoms with van der Waals surface area (Å²) in [5, 5.41) is 3.53. The van der Waals surface area contributed by atoms with Crippen molar-refractivity contribution in [1.29, 1.82) is 0 Å². The van der Waals surface area contributed by atoms with Gasteiger partial charge in [-0.1, -0.05) is 27.7 Å². The Kier molecular flexibility index (Phi) is 10.0. The van der Waals surface area contributed by atoms with E-state index in [1.54, 1.807) is 0 Å². The Hall–Kier alpha value is -0.0800. The number of likely N-dealkylation sites (N-methyl/N-ethyl adjacent to an activating group) is 1. The Bertz CT molecular complexity index is 142. The maximum atomic E-state index is 3.53. The number of hydrogen-bond donors (Lipinski definition) is 1. The van der Waals surface area contributed by atoms with Crippen LogP contribution >= 0.6 is 0 Å². The van der Waals surface area contributed by atoms with Crippen molar-refractivity contribution >= 4 is 0 Å². The molecular weight excluding hydrogens is 196 g/mol. The van der Waals surface area contributed by atoms with Crippen LogP contribution in [0.25, 0.3) is 0 Å². The largest absolute Gasteiger partial charge is 0.315 e. The van der Waals surface area contributed by atoms with Crippen molar-refractivity contribution in [2.45, 2.75) is 59.4 Å². The van der Waals surface area contributed by atoms with Crippen LogP contribution in [0, 0.1) is 5.92 Å². The van der Waals surface area contributed by atoms with Gasteiger partial charge in [0.05, 0.1) is 0 Å². The SMILES string of the molecule is CCC(CC)N(C)CCNCCCC(C)C. The van der Waals surface area contributed by atoms with Gasteiger partial charge in [0.25, 0.3) is 0 Å². The van der Waals surface area contributed by atoms with Crippen molar-refractivity contribution in [3.63, 3.8) is 0 Å².